The molecule has 0 bridgehead atoms. The van der Waals surface area contributed by atoms with Crippen LogP contribution < -0.4 is 4.74 Å². The van der Waals surface area contributed by atoms with Crippen molar-refractivity contribution in [2.24, 2.45) is 0 Å². The summed E-state index contributed by atoms with van der Waals surface area (Å²) in [4.78, 5) is 0. The van der Waals surface area contributed by atoms with Crippen LogP contribution >= 0.6 is 12.2 Å². The van der Waals surface area contributed by atoms with Gasteiger partial charge in [0.25, 0.3) is 0 Å². The van der Waals surface area contributed by atoms with Crippen LogP contribution in [0.1, 0.15) is 0 Å². The number of hydrogen-bond donors (Lipinski definition) is 1. The van der Waals surface area contributed by atoms with Crippen LogP contribution in [0.4, 0.5) is 4.39 Å². The zero-order valence-electron chi connectivity index (χ0n) is 7.90. The van der Waals surface area contributed by atoms with E-state index in [4.69, 9.17) is 17.0 Å². The summed E-state index contributed by atoms with van der Waals surface area (Å²) in [5.74, 6) is 0.0538. The van der Waals surface area contributed by atoms with E-state index in [1.165, 1.54) is 25.6 Å². The van der Waals surface area contributed by atoms with E-state index in [0.717, 1.165) is 0 Å². The Hall–Kier alpha value is -1.69. The number of rotatable bonds is 2. The van der Waals surface area contributed by atoms with E-state index in [1.807, 2.05) is 0 Å². The minimum atomic E-state index is -0.356. The fourth-order valence-corrected chi connectivity index (χ4v) is 1.47. The molecule has 15 heavy (non-hydrogen) atoms. The van der Waals surface area contributed by atoms with Crippen molar-refractivity contribution < 1.29 is 9.13 Å². The molecule has 0 saturated carbocycles. The molecule has 1 N–H and O–H groups in total. The van der Waals surface area contributed by atoms with E-state index in [-0.39, 0.29) is 5.82 Å². The second-order valence-electron chi connectivity index (χ2n) is 2.85. The van der Waals surface area contributed by atoms with Gasteiger partial charge in [-0.25, -0.2) is 4.39 Å². The van der Waals surface area contributed by atoms with Gasteiger partial charge in [-0.05, 0) is 24.4 Å². The molecule has 0 aliphatic rings. The van der Waals surface area contributed by atoms with Gasteiger partial charge in [-0.3, -0.25) is 9.67 Å². The molecule has 4 nitrogen and oxygen atoms in total. The molecule has 1 aromatic carbocycles. The Morgan fingerprint density at radius 1 is 1.53 bits per heavy atom. The van der Waals surface area contributed by atoms with Gasteiger partial charge >= 0.3 is 0 Å². The zero-order valence-corrected chi connectivity index (χ0v) is 8.71. The van der Waals surface area contributed by atoms with Crippen molar-refractivity contribution in [3.8, 4) is 11.4 Å². The number of nitrogens with one attached hydrogen (secondary N) is 1. The second kappa shape index (κ2) is 3.82. The number of benzene rings is 1. The lowest BCUT2D eigenvalue weighted by Gasteiger charge is -2.07. The van der Waals surface area contributed by atoms with Crippen LogP contribution in [0, 0.1) is 10.6 Å². The molecule has 6 heteroatoms. The molecular weight excluding hydrogens is 217 g/mol. The molecular formula is C9H8FN3OS. The fourth-order valence-electron chi connectivity index (χ4n) is 1.27. The van der Waals surface area contributed by atoms with Gasteiger partial charge in [-0.15, -0.1) is 0 Å². The third-order valence-electron chi connectivity index (χ3n) is 1.95. The van der Waals surface area contributed by atoms with Crippen molar-refractivity contribution in [2.45, 2.75) is 0 Å². The van der Waals surface area contributed by atoms with Gasteiger partial charge in [0.15, 0.2) is 4.77 Å². The molecule has 1 heterocycles. The van der Waals surface area contributed by atoms with Crippen LogP contribution in [-0.2, 0) is 0 Å². The van der Waals surface area contributed by atoms with Crippen molar-refractivity contribution >= 4 is 12.2 Å². The highest BCUT2D eigenvalue weighted by atomic mass is 32.1. The molecule has 0 radical (unpaired) electrons. The topological polar surface area (TPSA) is 42.8 Å². The highest BCUT2D eigenvalue weighted by Gasteiger charge is 2.07. The Kier molecular flexibility index (Phi) is 2.51. The number of nitrogens with zero attached hydrogens (tertiary/aromatic N) is 2. The first-order chi connectivity index (χ1) is 7.22. The minimum absolute atomic E-state index is 0.356. The Balaban J connectivity index is 2.63. The summed E-state index contributed by atoms with van der Waals surface area (Å²) in [7, 11) is 1.47. The Bertz CT molecular complexity index is 534. The molecule has 78 valence electrons. The third kappa shape index (κ3) is 1.75. The lowest BCUT2D eigenvalue weighted by molar-refractivity contribution is 0.409. The van der Waals surface area contributed by atoms with Gasteiger partial charge in [0.1, 0.15) is 17.9 Å². The van der Waals surface area contributed by atoms with E-state index in [2.05, 4.69) is 10.2 Å². The molecule has 2 rings (SSSR count). The quantitative estimate of drug-likeness (QED) is 0.796. The largest absolute Gasteiger partial charge is 0.494 e. The number of H-pyrrole nitrogens is 1. The molecule has 0 atom stereocenters. The summed E-state index contributed by atoms with van der Waals surface area (Å²) < 4.78 is 20.0. The highest BCUT2D eigenvalue weighted by molar-refractivity contribution is 7.71. The lowest BCUT2D eigenvalue weighted by Crippen LogP contribution is -1.97. The molecule has 1 aromatic heterocycles. The number of methoxy groups -OCH3 is 1. The second-order valence-corrected chi connectivity index (χ2v) is 3.23. The maximum atomic E-state index is 12.9. The first-order valence-electron chi connectivity index (χ1n) is 4.18. The number of ether oxygens (including phenoxy) is 1. The molecule has 0 aliphatic heterocycles. The number of aromatic amines is 1. The van der Waals surface area contributed by atoms with Crippen LogP contribution in [0.5, 0.6) is 5.75 Å². The highest BCUT2D eigenvalue weighted by Crippen LogP contribution is 2.23. The fraction of sp³-hybridized carbons (Fsp3) is 0.111. The SMILES string of the molecule is COc1cc(F)ccc1-n1cn[nH]c1=S. The van der Waals surface area contributed by atoms with E-state index in [0.29, 0.717) is 16.2 Å². The van der Waals surface area contributed by atoms with Crippen LogP contribution in [-0.4, -0.2) is 21.9 Å². The lowest BCUT2D eigenvalue weighted by atomic mass is 10.3. The van der Waals surface area contributed by atoms with E-state index in [1.54, 1.807) is 10.6 Å². The van der Waals surface area contributed by atoms with Crippen molar-refractivity contribution in [1.82, 2.24) is 14.8 Å². The Labute approximate surface area is 90.3 Å². The number of aromatic nitrogens is 3. The van der Waals surface area contributed by atoms with Crippen molar-refractivity contribution in [2.75, 3.05) is 7.11 Å². The van der Waals surface area contributed by atoms with Crippen molar-refractivity contribution in [1.29, 1.82) is 0 Å². The van der Waals surface area contributed by atoms with E-state index < -0.39 is 0 Å². The average Bonchev–Trinajstić information content (AvgIpc) is 2.64. The monoisotopic (exact) mass is 225 g/mol. The smallest absolute Gasteiger partial charge is 0.199 e. The Morgan fingerprint density at radius 3 is 2.93 bits per heavy atom. The maximum Gasteiger partial charge on any atom is 0.199 e. The molecule has 0 amide bonds. The van der Waals surface area contributed by atoms with Gasteiger partial charge in [0, 0.05) is 6.07 Å². The van der Waals surface area contributed by atoms with Crippen LogP contribution in [0.3, 0.4) is 0 Å². The van der Waals surface area contributed by atoms with Gasteiger partial charge in [-0.1, -0.05) is 0 Å². The van der Waals surface area contributed by atoms with E-state index >= 15 is 0 Å². The summed E-state index contributed by atoms with van der Waals surface area (Å²) in [6.07, 6.45) is 1.51. The van der Waals surface area contributed by atoms with Crippen LogP contribution in [0.25, 0.3) is 5.69 Å². The van der Waals surface area contributed by atoms with Gasteiger partial charge in [-0.2, -0.15) is 5.10 Å². The van der Waals surface area contributed by atoms with Crippen LogP contribution in [0.15, 0.2) is 24.5 Å². The number of hydrogen-bond acceptors (Lipinski definition) is 3. The average molecular weight is 225 g/mol. The normalized spacial score (nSPS) is 10.3. The molecule has 0 fully saturated rings. The summed E-state index contributed by atoms with van der Waals surface area (Å²) in [5.41, 5.74) is 0.651. The molecule has 0 unspecified atom stereocenters. The first kappa shape index (κ1) is 9.85. The molecule has 2 aromatic rings. The molecule has 0 saturated heterocycles. The third-order valence-corrected chi connectivity index (χ3v) is 2.24. The minimum Gasteiger partial charge on any atom is -0.494 e. The molecule has 0 spiro atoms. The van der Waals surface area contributed by atoms with Gasteiger partial charge in [0.05, 0.1) is 12.8 Å². The van der Waals surface area contributed by atoms with Gasteiger partial charge < -0.3 is 4.74 Å². The van der Waals surface area contributed by atoms with Crippen molar-refractivity contribution in [3.63, 3.8) is 0 Å². The first-order valence-corrected chi connectivity index (χ1v) is 4.59. The zero-order chi connectivity index (χ0) is 10.8. The van der Waals surface area contributed by atoms with Crippen LogP contribution in [0.2, 0.25) is 0 Å². The summed E-state index contributed by atoms with van der Waals surface area (Å²) >= 11 is 5.00. The Morgan fingerprint density at radius 2 is 2.33 bits per heavy atom. The van der Waals surface area contributed by atoms with Crippen molar-refractivity contribution in [3.05, 3.63) is 35.1 Å². The van der Waals surface area contributed by atoms with Gasteiger partial charge in [0.2, 0.25) is 0 Å². The summed E-state index contributed by atoms with van der Waals surface area (Å²) in [6, 6.07) is 4.22. The van der Waals surface area contributed by atoms with E-state index in [9.17, 15) is 4.39 Å². The summed E-state index contributed by atoms with van der Waals surface area (Å²) in [5, 5.41) is 6.39. The standard InChI is InChI=1S/C9H8FN3OS/c1-14-8-4-6(10)2-3-7(8)13-5-11-12-9(13)15/h2-5H,1H3,(H,12,15). The predicted molar refractivity (Wildman–Crippen MR) is 55.3 cm³/mol. The number of halogens is 1. The predicted octanol–water partition coefficient (Wildman–Crippen LogP) is 2.08. The maximum absolute atomic E-state index is 12.9. The summed E-state index contributed by atoms with van der Waals surface area (Å²) in [6.45, 7) is 0. The molecule has 0 aliphatic carbocycles.